The Bertz CT molecular complexity index is 1100. The van der Waals surface area contributed by atoms with Crippen LogP contribution < -0.4 is 10.2 Å². The molecule has 1 aliphatic carbocycles. The average Bonchev–Trinajstić information content (AvgIpc) is 3.19. The maximum Gasteiger partial charge on any atom is 0.252 e. The highest BCUT2D eigenvalue weighted by atomic mass is 16.1. The first kappa shape index (κ1) is 20.0. The van der Waals surface area contributed by atoms with Crippen LogP contribution >= 0.6 is 0 Å². The molecule has 1 fully saturated rings. The lowest BCUT2D eigenvalue weighted by molar-refractivity contribution is 0.0939. The summed E-state index contributed by atoms with van der Waals surface area (Å²) < 4.78 is 0. The Morgan fingerprint density at radius 1 is 1.27 bits per heavy atom. The van der Waals surface area contributed by atoms with Crippen molar-refractivity contribution in [3.05, 3.63) is 89.5 Å². The van der Waals surface area contributed by atoms with Crippen LogP contribution in [0.25, 0.3) is 10.8 Å². The number of amides is 1. The van der Waals surface area contributed by atoms with Crippen molar-refractivity contribution in [1.82, 2.24) is 5.32 Å². The van der Waals surface area contributed by atoms with Crippen molar-refractivity contribution in [3.8, 4) is 0 Å². The quantitative estimate of drug-likeness (QED) is 0.554. The molecular formula is C27H28N2O. The second kappa shape index (κ2) is 8.24. The Morgan fingerprint density at radius 2 is 2.10 bits per heavy atom. The van der Waals surface area contributed by atoms with Gasteiger partial charge in [0.05, 0.1) is 6.04 Å². The van der Waals surface area contributed by atoms with Crippen LogP contribution in [0.15, 0.2) is 60.7 Å². The Balaban J connectivity index is 1.56. The van der Waals surface area contributed by atoms with Crippen molar-refractivity contribution in [2.75, 3.05) is 11.9 Å². The fourth-order valence-corrected chi connectivity index (χ4v) is 4.38. The maximum absolute atomic E-state index is 13.2. The van der Waals surface area contributed by atoms with E-state index in [0.717, 1.165) is 52.4 Å². The fourth-order valence-electron chi connectivity index (χ4n) is 4.38. The Kier molecular flexibility index (Phi) is 5.50. The summed E-state index contributed by atoms with van der Waals surface area (Å²) in [6, 6.07) is 22.6. The highest BCUT2D eigenvalue weighted by Gasteiger charge is 2.23. The third-order valence-corrected chi connectivity index (χ3v) is 6.27. The van der Waals surface area contributed by atoms with E-state index in [1.807, 2.05) is 50.2 Å². The van der Waals surface area contributed by atoms with Crippen LogP contribution in [0.4, 0.5) is 5.69 Å². The smallest absolute Gasteiger partial charge is 0.252 e. The second-order valence-electron chi connectivity index (χ2n) is 8.36. The number of benzene rings is 2. The SMILES string of the molecule is C=C1CCC(N(C)c2ccc(C)c(C(=O)N[C@H](C)c3cccc4c#cccc34)c2)C1. The van der Waals surface area contributed by atoms with E-state index in [-0.39, 0.29) is 11.9 Å². The summed E-state index contributed by atoms with van der Waals surface area (Å²) in [6.45, 7) is 8.14. The number of rotatable bonds is 5. The van der Waals surface area contributed by atoms with Crippen LogP contribution in [-0.4, -0.2) is 19.0 Å². The van der Waals surface area contributed by atoms with E-state index >= 15 is 0 Å². The molecule has 1 saturated carbocycles. The minimum atomic E-state index is -0.115. The van der Waals surface area contributed by atoms with Crippen molar-refractivity contribution < 1.29 is 4.79 Å². The van der Waals surface area contributed by atoms with Crippen molar-refractivity contribution in [2.45, 2.75) is 45.2 Å². The number of aryl methyl sites for hydroxylation is 1. The molecule has 0 bridgehead atoms. The van der Waals surface area contributed by atoms with Gasteiger partial charge in [0.2, 0.25) is 0 Å². The van der Waals surface area contributed by atoms with E-state index in [1.54, 1.807) is 0 Å². The zero-order chi connectivity index (χ0) is 21.3. The molecule has 1 aliphatic rings. The Hall–Kier alpha value is -3.25. The third-order valence-electron chi connectivity index (χ3n) is 6.27. The van der Waals surface area contributed by atoms with Crippen molar-refractivity contribution in [2.24, 2.45) is 0 Å². The Labute approximate surface area is 179 Å². The van der Waals surface area contributed by atoms with Gasteiger partial charge in [-0.05, 0) is 80.0 Å². The molecule has 3 heteroatoms. The van der Waals surface area contributed by atoms with Crippen molar-refractivity contribution >= 4 is 22.4 Å². The van der Waals surface area contributed by atoms with Gasteiger partial charge in [0, 0.05) is 29.7 Å². The van der Waals surface area contributed by atoms with E-state index in [0.29, 0.717) is 6.04 Å². The molecule has 0 aliphatic heterocycles. The van der Waals surface area contributed by atoms with Crippen LogP contribution in [0.5, 0.6) is 0 Å². The number of fused-ring (bicyclic) bond motifs is 1. The first-order valence-electron chi connectivity index (χ1n) is 10.6. The van der Waals surface area contributed by atoms with Gasteiger partial charge < -0.3 is 10.2 Å². The monoisotopic (exact) mass is 396 g/mol. The summed E-state index contributed by atoms with van der Waals surface area (Å²) in [4.78, 5) is 15.5. The van der Waals surface area contributed by atoms with E-state index in [9.17, 15) is 4.79 Å². The first-order valence-corrected chi connectivity index (χ1v) is 10.6. The summed E-state index contributed by atoms with van der Waals surface area (Å²) >= 11 is 0. The molecule has 1 amide bonds. The minimum absolute atomic E-state index is 0.0467. The van der Waals surface area contributed by atoms with Gasteiger partial charge in [-0.3, -0.25) is 4.79 Å². The molecule has 0 heterocycles. The summed E-state index contributed by atoms with van der Waals surface area (Å²) in [5.41, 5.74) is 5.18. The maximum atomic E-state index is 13.2. The molecule has 4 rings (SSSR count). The van der Waals surface area contributed by atoms with Gasteiger partial charge in [-0.1, -0.05) is 42.5 Å². The van der Waals surface area contributed by atoms with Crippen LogP contribution in [0.2, 0.25) is 0 Å². The standard InChI is InChI=1S/C27H28N2O/c1-18-12-14-22(16-18)29(4)23-15-13-19(2)26(17-23)27(30)28-20(3)24-11-7-9-21-8-5-6-10-25(21)24/h6-7,9-11,13,15,17,20,22H,1,12,14,16H2,2-4H3,(H,28,30)/t20-,22?/m1/s1. The number of anilines is 1. The lowest BCUT2D eigenvalue weighted by Gasteiger charge is -2.27. The first-order chi connectivity index (χ1) is 14.4. The summed E-state index contributed by atoms with van der Waals surface area (Å²) in [5.74, 6) is -0.0467. The average molecular weight is 397 g/mol. The largest absolute Gasteiger partial charge is 0.371 e. The lowest BCUT2D eigenvalue weighted by atomic mass is 9.99. The molecule has 0 radical (unpaired) electrons. The van der Waals surface area contributed by atoms with Crippen LogP contribution in [0.1, 0.15) is 53.7 Å². The van der Waals surface area contributed by atoms with Gasteiger partial charge >= 0.3 is 0 Å². The molecule has 152 valence electrons. The number of nitrogens with zero attached hydrogens (tertiary/aromatic N) is 1. The molecule has 1 N–H and O–H groups in total. The van der Waals surface area contributed by atoms with Gasteiger partial charge in [0.1, 0.15) is 0 Å². The molecule has 0 spiro atoms. The highest BCUT2D eigenvalue weighted by molar-refractivity contribution is 5.97. The summed E-state index contributed by atoms with van der Waals surface area (Å²) in [6.07, 6.45) is 3.24. The van der Waals surface area contributed by atoms with E-state index in [2.05, 4.69) is 48.1 Å². The minimum Gasteiger partial charge on any atom is -0.371 e. The van der Waals surface area contributed by atoms with E-state index < -0.39 is 0 Å². The number of carbonyl (C=O) groups is 1. The molecule has 2 atom stereocenters. The molecule has 3 nitrogen and oxygen atoms in total. The molecule has 1 unspecified atom stereocenters. The predicted octanol–water partition coefficient (Wildman–Crippen LogP) is 5.78. The summed E-state index contributed by atoms with van der Waals surface area (Å²) in [7, 11) is 2.11. The van der Waals surface area contributed by atoms with Crippen LogP contribution in [0.3, 0.4) is 0 Å². The number of nitrogens with one attached hydrogen (secondary N) is 1. The van der Waals surface area contributed by atoms with Crippen molar-refractivity contribution in [3.63, 3.8) is 0 Å². The zero-order valence-corrected chi connectivity index (χ0v) is 18.0. The number of hydrogen-bond donors (Lipinski definition) is 1. The zero-order valence-electron chi connectivity index (χ0n) is 18.0. The normalized spacial score (nSPS) is 16.9. The van der Waals surface area contributed by atoms with E-state index in [1.165, 1.54) is 5.57 Å². The van der Waals surface area contributed by atoms with Gasteiger partial charge in [0.25, 0.3) is 5.91 Å². The van der Waals surface area contributed by atoms with Crippen molar-refractivity contribution in [1.29, 1.82) is 0 Å². The molecule has 0 aromatic heterocycles. The van der Waals surface area contributed by atoms with E-state index in [4.69, 9.17) is 0 Å². The molecular weight excluding hydrogens is 368 g/mol. The number of hydrogen-bond acceptors (Lipinski definition) is 2. The van der Waals surface area contributed by atoms with Gasteiger partial charge in [-0.2, -0.15) is 0 Å². The molecule has 3 aromatic rings. The number of carbonyl (C=O) groups excluding carboxylic acids is 1. The Morgan fingerprint density at radius 3 is 2.87 bits per heavy atom. The van der Waals surface area contributed by atoms with Crippen LogP contribution in [0, 0.1) is 19.1 Å². The lowest BCUT2D eigenvalue weighted by Crippen LogP contribution is -2.30. The van der Waals surface area contributed by atoms with Gasteiger partial charge in [-0.25, -0.2) is 0 Å². The molecule has 0 saturated heterocycles. The van der Waals surface area contributed by atoms with Gasteiger partial charge in [-0.15, -0.1) is 0 Å². The second-order valence-corrected chi connectivity index (χ2v) is 8.36. The molecule has 30 heavy (non-hydrogen) atoms. The summed E-state index contributed by atoms with van der Waals surface area (Å²) in [5, 5.41) is 5.29. The molecule has 3 aromatic carbocycles. The third kappa shape index (κ3) is 3.91. The van der Waals surface area contributed by atoms with Gasteiger partial charge in [0.15, 0.2) is 0 Å². The fraction of sp³-hybridized carbons (Fsp3) is 0.296. The van der Waals surface area contributed by atoms with Crippen LogP contribution in [-0.2, 0) is 0 Å². The predicted molar refractivity (Wildman–Crippen MR) is 124 cm³/mol. The highest BCUT2D eigenvalue weighted by Crippen LogP contribution is 2.31. The topological polar surface area (TPSA) is 32.3 Å².